The number of aryl methyl sites for hydroxylation is 2. The first-order valence-corrected chi connectivity index (χ1v) is 38.1. The van der Waals surface area contributed by atoms with Gasteiger partial charge in [-0.1, -0.05) is 36.4 Å². The minimum absolute atomic E-state index is 0.140. The zero-order valence-corrected chi connectivity index (χ0v) is 67.7. The van der Waals surface area contributed by atoms with Gasteiger partial charge >= 0.3 is 0 Å². The summed E-state index contributed by atoms with van der Waals surface area (Å²) in [6, 6.07) is 39.3. The molecule has 6 aromatic carbocycles. The van der Waals surface area contributed by atoms with Crippen LogP contribution in [0.1, 0.15) is 88.8 Å². The van der Waals surface area contributed by atoms with Gasteiger partial charge in [-0.2, -0.15) is 0 Å². The average Bonchev–Trinajstić information content (AvgIpc) is 1.59. The molecule has 568 valence electrons. The Hall–Kier alpha value is -12.1. The maximum absolute atomic E-state index is 4.68. The molecule has 0 aliphatic carbocycles. The van der Waals surface area contributed by atoms with E-state index in [0.717, 1.165) is 46.5 Å². The van der Waals surface area contributed by atoms with Crippen molar-refractivity contribution >= 4 is 115 Å². The quantitative estimate of drug-likeness (QED) is 0.141. The number of anilines is 20. The monoisotopic (exact) mass is 1470 g/mol. The fraction of sp³-hybridized carbons (Fsp3) is 0.349. The van der Waals surface area contributed by atoms with Gasteiger partial charge in [-0.3, -0.25) is 0 Å². The van der Waals surface area contributed by atoms with Crippen LogP contribution in [0.15, 0.2) is 184 Å². The van der Waals surface area contributed by atoms with Crippen molar-refractivity contribution in [2.75, 3.05) is 125 Å². The smallest absolute Gasteiger partial charge is 0.178 e. The number of fused-ring (bicyclic) bond motifs is 6. The fourth-order valence-corrected chi connectivity index (χ4v) is 16.8. The van der Waals surface area contributed by atoms with Gasteiger partial charge in [-0.15, -0.1) is 0 Å². The van der Waals surface area contributed by atoms with Gasteiger partial charge in [0, 0.05) is 176 Å². The highest BCUT2D eigenvalue weighted by Crippen LogP contribution is 2.52. The van der Waals surface area contributed by atoms with Crippen molar-refractivity contribution in [2.24, 2.45) is 0 Å². The molecule has 24 heteroatoms. The van der Waals surface area contributed by atoms with Crippen LogP contribution in [0.5, 0.6) is 0 Å². The summed E-state index contributed by atoms with van der Waals surface area (Å²) < 4.78 is 0. The summed E-state index contributed by atoms with van der Waals surface area (Å²) in [4.78, 5) is 73.2. The van der Waals surface area contributed by atoms with Crippen LogP contribution in [0, 0.1) is 41.5 Å². The van der Waals surface area contributed by atoms with E-state index in [0.29, 0.717) is 12.3 Å². The molecule has 4 aromatic heterocycles. The van der Waals surface area contributed by atoms with Gasteiger partial charge in [-0.25, -0.2) is 39.9 Å². The van der Waals surface area contributed by atoms with Crippen LogP contribution in [0.2, 0.25) is 0 Å². The molecule has 24 nitrogen and oxygen atoms in total. The molecular weight excluding hydrogens is 1370 g/mol. The highest BCUT2D eigenvalue weighted by atomic mass is 15.5. The van der Waals surface area contributed by atoms with Crippen LogP contribution < -0.4 is 68.6 Å². The lowest BCUT2D eigenvalue weighted by molar-refractivity contribution is 0.383. The topological polar surface area (TPSA) is 155 Å². The van der Waals surface area contributed by atoms with E-state index in [2.05, 4.69) is 406 Å². The van der Waals surface area contributed by atoms with Gasteiger partial charge in [0.2, 0.25) is 0 Å². The highest BCUT2D eigenvalue weighted by Gasteiger charge is 2.42. The minimum atomic E-state index is 0.140. The van der Waals surface area contributed by atoms with Crippen LogP contribution in [-0.4, -0.2) is 155 Å². The van der Waals surface area contributed by atoms with E-state index >= 15 is 0 Å². The van der Waals surface area contributed by atoms with Gasteiger partial charge in [0.25, 0.3) is 0 Å². The summed E-state index contributed by atoms with van der Waals surface area (Å²) in [7, 11) is 16.8. The molecule has 10 aromatic rings. The Morgan fingerprint density at radius 1 is 0.218 bits per heavy atom. The molecule has 0 saturated heterocycles. The molecule has 8 aliphatic rings. The highest BCUT2D eigenvalue weighted by molar-refractivity contribution is 5.91. The van der Waals surface area contributed by atoms with Crippen LogP contribution >= 0.6 is 0 Å². The Balaban J connectivity index is 0.000000117. The molecule has 0 fully saturated rings. The maximum atomic E-state index is 4.68. The third-order valence-corrected chi connectivity index (χ3v) is 24.1. The van der Waals surface area contributed by atoms with Crippen molar-refractivity contribution in [3.63, 3.8) is 0 Å². The zero-order valence-electron chi connectivity index (χ0n) is 67.7. The van der Waals surface area contributed by atoms with Gasteiger partial charge in [0.15, 0.2) is 46.5 Å². The minimum Gasteiger partial charge on any atom is -0.359 e. The third kappa shape index (κ3) is 12.0. The van der Waals surface area contributed by atoms with Crippen LogP contribution in [-0.2, 0) is 0 Å². The fourth-order valence-electron chi connectivity index (χ4n) is 16.8. The Morgan fingerprint density at radius 3 is 0.800 bits per heavy atom. The van der Waals surface area contributed by atoms with E-state index in [1.807, 2.05) is 0 Å². The summed E-state index contributed by atoms with van der Waals surface area (Å²) >= 11 is 0. The first-order chi connectivity index (χ1) is 52.8. The molecule has 110 heavy (non-hydrogen) atoms. The van der Waals surface area contributed by atoms with Gasteiger partial charge in [-0.05, 0) is 203 Å². The van der Waals surface area contributed by atoms with E-state index in [1.54, 1.807) is 49.6 Å². The molecule has 12 heterocycles. The normalized spacial score (nSPS) is 21.0. The number of para-hydroxylation sites is 4. The lowest BCUT2D eigenvalue weighted by atomic mass is 10.0. The lowest BCUT2D eigenvalue weighted by Crippen LogP contribution is -2.37. The summed E-state index contributed by atoms with van der Waals surface area (Å²) in [6.07, 6.45) is 24.3. The molecule has 0 unspecified atom stereocenters. The van der Waals surface area contributed by atoms with Gasteiger partial charge in [0.1, 0.15) is 49.3 Å². The number of rotatable bonds is 8. The van der Waals surface area contributed by atoms with E-state index in [9.17, 15) is 0 Å². The predicted octanol–water partition coefficient (Wildman–Crippen LogP) is 16.5. The van der Waals surface area contributed by atoms with Crippen molar-refractivity contribution < 1.29 is 0 Å². The predicted molar refractivity (Wildman–Crippen MR) is 453 cm³/mol. The number of hydrogen-bond donors (Lipinski definition) is 0. The molecule has 0 radical (unpaired) electrons. The second-order valence-corrected chi connectivity index (χ2v) is 30.2. The molecule has 0 bridgehead atoms. The SMILES string of the molecule is Cc1c(N2C=CN(C)[C@H]2C)cccc1N1c2nccnc2N(C)[C@@H]1C.Cc1c(N2c3ccccc3N(C)[C@H]2C)cccc1N1c2nccnc2N(C)[C@@H]1C.Cc1cc(N2C=CN(C)[C@H]2C)c(C)c(N2c3nccnc3N(C)[C@@H]2C)c1.Cc1cc(N2c3ccccc3N(C)[C@H]2C)c(C)c(N2c3nccnc3N(C)[C@@H]2C)c1. The van der Waals surface area contributed by atoms with Crippen molar-refractivity contribution in [3.8, 4) is 0 Å². The third-order valence-electron chi connectivity index (χ3n) is 24.1. The van der Waals surface area contributed by atoms with E-state index < -0.39 is 0 Å². The number of hydrogen-bond acceptors (Lipinski definition) is 24. The summed E-state index contributed by atoms with van der Waals surface area (Å²) in [5, 5.41) is 0. The molecule has 0 amide bonds. The molecule has 0 saturated carbocycles. The van der Waals surface area contributed by atoms with Crippen molar-refractivity contribution in [2.45, 2.75) is 146 Å². The first-order valence-electron chi connectivity index (χ1n) is 38.1. The Bertz CT molecular complexity index is 5010. The van der Waals surface area contributed by atoms with Crippen LogP contribution in [0.3, 0.4) is 0 Å². The Labute approximate surface area is 649 Å². The van der Waals surface area contributed by atoms with E-state index in [-0.39, 0.29) is 37.0 Å². The lowest BCUT2D eigenvalue weighted by Gasteiger charge is -2.33. The van der Waals surface area contributed by atoms with E-state index in [4.69, 9.17) is 0 Å². The standard InChI is InChI=1S/C24H28N6.C23H26N6.C20H26N6.C19H24N6/c1-15-13-21(29-17(3)27(5)19-9-7-8-10-20(19)29)16(2)22(14-15)30-18(4)28(6)23-24(30)26-12-11-25-23;1-15-18(28-16(2)26(4)20-9-6-7-10-21(20)28)11-8-12-19(15)29-17(3)27(5)22-23(29)25-14-13-24-22;1-13-11-17(25-10-9-23(5)15(25)3)14(2)18(12-13)26-16(4)24(6)19-20(26)22-8-7-21-19;1-13-16(24-12-11-22(4)14(24)2)7-6-8-17(13)25-15(3)23(5)18-19(25)21-10-9-20-18/h7-14,17-18H,1-6H3;6-14,16-17H,1-5H3;7-12,15-16H,1-6H3;6-12,14-15H,1-5H3/t17-,18+;16-,17+;15-,16+;14-,15+/m1111/s1. The number of aromatic nitrogens is 8. The summed E-state index contributed by atoms with van der Waals surface area (Å²) in [5.41, 5.74) is 22.1. The molecular formula is C86H104N24. The Kier molecular flexibility index (Phi) is 19.2. The second-order valence-electron chi connectivity index (χ2n) is 30.2. The van der Waals surface area contributed by atoms with Gasteiger partial charge < -0.3 is 78.4 Å². The van der Waals surface area contributed by atoms with Crippen molar-refractivity contribution in [1.82, 2.24) is 49.7 Å². The van der Waals surface area contributed by atoms with Crippen LogP contribution in [0.4, 0.5) is 115 Å². The number of nitrogens with zero attached hydrogens (tertiary/aromatic N) is 24. The first kappa shape index (κ1) is 73.4. The molecule has 8 aliphatic heterocycles. The molecule has 18 rings (SSSR count). The largest absolute Gasteiger partial charge is 0.359 e. The van der Waals surface area contributed by atoms with Gasteiger partial charge in [0.05, 0.1) is 22.7 Å². The van der Waals surface area contributed by atoms with Crippen molar-refractivity contribution in [1.29, 1.82) is 0 Å². The molecule has 8 atom stereocenters. The number of benzene rings is 6. The maximum Gasteiger partial charge on any atom is 0.178 e. The second kappa shape index (κ2) is 28.8. The zero-order chi connectivity index (χ0) is 77.7. The van der Waals surface area contributed by atoms with Crippen LogP contribution in [0.25, 0.3) is 0 Å². The Morgan fingerprint density at radius 2 is 0.455 bits per heavy atom. The van der Waals surface area contributed by atoms with E-state index in [1.165, 1.54) is 102 Å². The summed E-state index contributed by atoms with van der Waals surface area (Å²) in [5.74, 6) is 7.36. The van der Waals surface area contributed by atoms with Crippen molar-refractivity contribution in [3.05, 3.63) is 217 Å². The molecule has 0 N–H and O–H groups in total. The molecule has 0 spiro atoms. The summed E-state index contributed by atoms with van der Waals surface area (Å²) in [6.45, 7) is 30.8. The average molecular weight is 1470 g/mol.